The highest BCUT2D eigenvalue weighted by Gasteiger charge is 2.46. The van der Waals surface area contributed by atoms with Crippen molar-refractivity contribution >= 4 is 10.9 Å². The van der Waals surface area contributed by atoms with Crippen LogP contribution in [0.25, 0.3) is 10.9 Å². The van der Waals surface area contributed by atoms with Gasteiger partial charge >= 0.3 is 0 Å². The largest absolute Gasteiger partial charge is 0.393 e. The Balaban J connectivity index is 1.23. The number of para-hydroxylation sites is 1. The second-order valence-electron chi connectivity index (χ2n) is 9.91. The minimum atomic E-state index is -0.179. The quantitative estimate of drug-likeness (QED) is 0.597. The molecule has 31 heavy (non-hydrogen) atoms. The van der Waals surface area contributed by atoms with Crippen LogP contribution in [0, 0.1) is 17.8 Å². The summed E-state index contributed by atoms with van der Waals surface area (Å²) < 4.78 is 0. The molecule has 162 valence electrons. The van der Waals surface area contributed by atoms with Crippen molar-refractivity contribution in [1.82, 2.24) is 15.2 Å². The summed E-state index contributed by atoms with van der Waals surface area (Å²) in [5.74, 6) is 1.65. The molecule has 1 saturated heterocycles. The van der Waals surface area contributed by atoms with Gasteiger partial charge in [0.2, 0.25) is 0 Å². The molecule has 6 rings (SSSR count). The van der Waals surface area contributed by atoms with E-state index in [9.17, 15) is 5.11 Å². The van der Waals surface area contributed by atoms with Crippen LogP contribution in [-0.2, 0) is 13.0 Å². The van der Waals surface area contributed by atoms with Crippen LogP contribution in [0.3, 0.4) is 0 Å². The number of rotatable bonds is 4. The smallest absolute Gasteiger partial charge is 0.0583 e. The number of aliphatic hydroxyl groups excluding tert-OH is 1. The van der Waals surface area contributed by atoms with Gasteiger partial charge in [-0.1, -0.05) is 48.5 Å². The highest BCUT2D eigenvalue weighted by molar-refractivity contribution is 5.85. The van der Waals surface area contributed by atoms with Gasteiger partial charge in [0, 0.05) is 48.7 Å². The Hall–Kier alpha value is -2.14. The fourth-order valence-corrected chi connectivity index (χ4v) is 6.72. The number of nitrogens with zero attached hydrogens (tertiary/aromatic N) is 1. The van der Waals surface area contributed by atoms with E-state index in [0.717, 1.165) is 25.9 Å². The summed E-state index contributed by atoms with van der Waals surface area (Å²) in [7, 11) is 0. The van der Waals surface area contributed by atoms with Crippen molar-refractivity contribution in [2.45, 2.75) is 44.4 Å². The van der Waals surface area contributed by atoms with Gasteiger partial charge in [-0.2, -0.15) is 0 Å². The lowest BCUT2D eigenvalue weighted by atomic mass is 9.65. The molecule has 0 bridgehead atoms. The molecule has 2 aliphatic heterocycles. The summed E-state index contributed by atoms with van der Waals surface area (Å²) in [5.41, 5.74) is 5.57. The molecule has 3 N–H and O–H groups in total. The summed E-state index contributed by atoms with van der Waals surface area (Å²) in [6, 6.07) is 19.8. The van der Waals surface area contributed by atoms with Crippen LogP contribution in [0.4, 0.5) is 0 Å². The number of H-pyrrole nitrogens is 1. The van der Waals surface area contributed by atoms with E-state index in [4.69, 9.17) is 0 Å². The predicted octanol–water partition coefficient (Wildman–Crippen LogP) is 4.26. The van der Waals surface area contributed by atoms with Gasteiger partial charge in [-0.15, -0.1) is 0 Å². The van der Waals surface area contributed by atoms with Gasteiger partial charge < -0.3 is 15.4 Å². The van der Waals surface area contributed by atoms with Crippen LogP contribution in [0.5, 0.6) is 0 Å². The Labute approximate surface area is 184 Å². The average Bonchev–Trinajstić information content (AvgIpc) is 3.19. The van der Waals surface area contributed by atoms with Crippen LogP contribution in [-0.4, -0.2) is 40.7 Å². The third-order valence-corrected chi connectivity index (χ3v) is 8.27. The number of aromatic nitrogens is 1. The second kappa shape index (κ2) is 8.09. The topological polar surface area (TPSA) is 51.3 Å². The van der Waals surface area contributed by atoms with E-state index < -0.39 is 0 Å². The maximum absolute atomic E-state index is 10.9. The molecule has 2 fully saturated rings. The lowest BCUT2D eigenvalue weighted by Gasteiger charge is -2.51. The van der Waals surface area contributed by atoms with Crippen molar-refractivity contribution in [3.8, 4) is 0 Å². The lowest BCUT2D eigenvalue weighted by Crippen LogP contribution is -2.53. The van der Waals surface area contributed by atoms with Gasteiger partial charge in [0.1, 0.15) is 0 Å². The van der Waals surface area contributed by atoms with Gasteiger partial charge in [0.15, 0.2) is 0 Å². The molecule has 1 aromatic heterocycles. The standard InChI is InChI=1S/C27H33N3O/c31-26-11-10-19-17-30-13-12-21-20-8-4-5-9-24(20)29-27(21)25(30)14-22(19)23(26)16-28-15-18-6-2-1-3-7-18/h1-9,19,22-23,25-26,28-29,31H,10-17H2/t19-,22+,23+,25+,26-/m0/s1. The van der Waals surface area contributed by atoms with Gasteiger partial charge in [0.25, 0.3) is 0 Å². The number of benzene rings is 2. The number of hydrogen-bond acceptors (Lipinski definition) is 3. The summed E-state index contributed by atoms with van der Waals surface area (Å²) in [6.45, 7) is 4.14. The van der Waals surface area contributed by atoms with Crippen molar-refractivity contribution in [2.24, 2.45) is 17.8 Å². The van der Waals surface area contributed by atoms with E-state index >= 15 is 0 Å². The Morgan fingerprint density at radius 3 is 2.77 bits per heavy atom. The number of piperidine rings is 1. The zero-order chi connectivity index (χ0) is 20.8. The molecule has 0 spiro atoms. The molecule has 1 saturated carbocycles. The lowest BCUT2D eigenvalue weighted by molar-refractivity contribution is -0.0551. The van der Waals surface area contributed by atoms with Gasteiger partial charge in [-0.25, -0.2) is 0 Å². The summed E-state index contributed by atoms with van der Waals surface area (Å²) in [4.78, 5) is 6.51. The molecule has 5 atom stereocenters. The van der Waals surface area contributed by atoms with Crippen LogP contribution in [0.15, 0.2) is 54.6 Å². The fraction of sp³-hybridized carbons (Fsp3) is 0.481. The molecular formula is C27H33N3O. The Morgan fingerprint density at radius 2 is 1.87 bits per heavy atom. The minimum Gasteiger partial charge on any atom is -0.393 e. The van der Waals surface area contributed by atoms with Crippen LogP contribution in [0.1, 0.15) is 42.1 Å². The maximum Gasteiger partial charge on any atom is 0.0583 e. The number of fused-ring (bicyclic) bond motifs is 6. The normalized spacial score (nSPS) is 30.5. The molecule has 0 amide bonds. The molecular weight excluding hydrogens is 382 g/mol. The van der Waals surface area contributed by atoms with Gasteiger partial charge in [-0.05, 0) is 54.7 Å². The van der Waals surface area contributed by atoms with Crippen molar-refractivity contribution in [3.63, 3.8) is 0 Å². The van der Waals surface area contributed by atoms with E-state index in [1.54, 1.807) is 0 Å². The first kappa shape index (κ1) is 19.5. The number of aromatic amines is 1. The maximum atomic E-state index is 10.9. The third kappa shape index (κ3) is 3.51. The zero-order valence-electron chi connectivity index (χ0n) is 18.1. The van der Waals surface area contributed by atoms with E-state index in [0.29, 0.717) is 23.8 Å². The summed E-state index contributed by atoms with van der Waals surface area (Å²) in [5, 5.41) is 16.0. The molecule has 4 nitrogen and oxygen atoms in total. The monoisotopic (exact) mass is 415 g/mol. The highest BCUT2D eigenvalue weighted by Crippen LogP contribution is 2.48. The molecule has 3 aromatic rings. The molecule has 4 heteroatoms. The molecule has 3 heterocycles. The third-order valence-electron chi connectivity index (χ3n) is 8.27. The number of hydrogen-bond donors (Lipinski definition) is 3. The predicted molar refractivity (Wildman–Crippen MR) is 125 cm³/mol. The first-order chi connectivity index (χ1) is 15.3. The van der Waals surface area contributed by atoms with Crippen molar-refractivity contribution in [1.29, 1.82) is 0 Å². The van der Waals surface area contributed by atoms with E-state index in [2.05, 4.69) is 69.8 Å². The van der Waals surface area contributed by atoms with Gasteiger partial charge in [0.05, 0.1) is 12.1 Å². The SMILES string of the molecule is O[C@H]1CC[C@H]2CN3CCc4c([nH]c5ccccc45)[C@H]3C[C@H]2[C@H]1CNCc1ccccc1. The van der Waals surface area contributed by atoms with Crippen LogP contribution >= 0.6 is 0 Å². The van der Waals surface area contributed by atoms with E-state index in [1.807, 2.05) is 0 Å². The van der Waals surface area contributed by atoms with Crippen LogP contribution < -0.4 is 5.32 Å². The molecule has 0 unspecified atom stereocenters. The molecule has 1 aliphatic carbocycles. The first-order valence-electron chi connectivity index (χ1n) is 12.0. The number of nitrogens with one attached hydrogen (secondary N) is 2. The molecule has 2 aromatic carbocycles. The van der Waals surface area contributed by atoms with Crippen molar-refractivity contribution < 1.29 is 5.11 Å². The summed E-state index contributed by atoms with van der Waals surface area (Å²) in [6.07, 6.45) is 4.26. The zero-order valence-corrected chi connectivity index (χ0v) is 18.1. The minimum absolute atomic E-state index is 0.179. The average molecular weight is 416 g/mol. The Kier molecular flexibility index (Phi) is 5.10. The first-order valence-corrected chi connectivity index (χ1v) is 12.0. The second-order valence-corrected chi connectivity index (χ2v) is 9.91. The van der Waals surface area contributed by atoms with Crippen LogP contribution in [0.2, 0.25) is 0 Å². The van der Waals surface area contributed by atoms with E-state index in [-0.39, 0.29) is 6.10 Å². The molecule has 3 aliphatic rings. The van der Waals surface area contributed by atoms with E-state index in [1.165, 1.54) is 53.7 Å². The summed E-state index contributed by atoms with van der Waals surface area (Å²) >= 11 is 0. The van der Waals surface area contributed by atoms with Gasteiger partial charge in [-0.3, -0.25) is 4.90 Å². The number of aliphatic hydroxyl groups is 1. The van der Waals surface area contributed by atoms with Crippen molar-refractivity contribution in [3.05, 3.63) is 71.4 Å². The Bertz CT molecular complexity index is 1050. The highest BCUT2D eigenvalue weighted by atomic mass is 16.3. The molecule has 0 radical (unpaired) electrons. The van der Waals surface area contributed by atoms with Crippen molar-refractivity contribution in [2.75, 3.05) is 19.6 Å². The fourth-order valence-electron chi connectivity index (χ4n) is 6.72. The Morgan fingerprint density at radius 1 is 1.03 bits per heavy atom.